The molecule has 1 atom stereocenters. The summed E-state index contributed by atoms with van der Waals surface area (Å²) in [5, 5.41) is 0.868. The molecule has 3 heterocycles. The van der Waals surface area contributed by atoms with Crippen LogP contribution in [0.15, 0.2) is 36.7 Å². The number of carbonyl (C=O) groups is 2. The Hall–Kier alpha value is -2.38. The SMILES string of the molecule is O=C(c1cc(Cl)cc(Cl)c1)N1CCN(C(=O)[C@@H]2CCCN(c3ncccn3)C2)CC1. The monoisotopic (exact) mass is 447 g/mol. The number of anilines is 1. The number of rotatable bonds is 3. The number of amides is 2. The second kappa shape index (κ2) is 9.18. The van der Waals surface area contributed by atoms with Crippen molar-refractivity contribution in [2.75, 3.05) is 44.2 Å². The van der Waals surface area contributed by atoms with E-state index in [9.17, 15) is 9.59 Å². The molecule has 4 rings (SSSR count). The Kier molecular flexibility index (Phi) is 6.39. The molecule has 0 saturated carbocycles. The van der Waals surface area contributed by atoms with Gasteiger partial charge in [0.1, 0.15) is 0 Å². The topological polar surface area (TPSA) is 69.6 Å². The summed E-state index contributed by atoms with van der Waals surface area (Å²) in [6.45, 7) is 3.52. The fourth-order valence-corrected chi connectivity index (χ4v) is 4.59. The average Bonchev–Trinajstić information content (AvgIpc) is 2.78. The van der Waals surface area contributed by atoms with Crippen molar-refractivity contribution in [2.24, 2.45) is 5.92 Å². The van der Waals surface area contributed by atoms with E-state index in [-0.39, 0.29) is 17.7 Å². The first kappa shape index (κ1) is 20.9. The fraction of sp³-hybridized carbons (Fsp3) is 0.429. The minimum Gasteiger partial charge on any atom is -0.340 e. The highest BCUT2D eigenvalue weighted by Crippen LogP contribution is 2.24. The van der Waals surface area contributed by atoms with Gasteiger partial charge in [-0.3, -0.25) is 9.59 Å². The molecule has 2 aliphatic rings. The lowest BCUT2D eigenvalue weighted by Gasteiger charge is -2.39. The summed E-state index contributed by atoms with van der Waals surface area (Å²) in [6.07, 6.45) is 5.24. The molecule has 7 nitrogen and oxygen atoms in total. The molecule has 9 heteroatoms. The van der Waals surface area contributed by atoms with Crippen molar-refractivity contribution in [2.45, 2.75) is 12.8 Å². The molecule has 30 heavy (non-hydrogen) atoms. The van der Waals surface area contributed by atoms with Gasteiger partial charge in [0, 0.05) is 67.3 Å². The van der Waals surface area contributed by atoms with Gasteiger partial charge in [-0.2, -0.15) is 0 Å². The number of benzene rings is 1. The molecule has 1 aromatic carbocycles. The molecule has 0 bridgehead atoms. The first-order chi connectivity index (χ1) is 14.5. The highest BCUT2D eigenvalue weighted by molar-refractivity contribution is 6.35. The molecule has 2 aliphatic heterocycles. The molecule has 158 valence electrons. The lowest BCUT2D eigenvalue weighted by atomic mass is 9.96. The summed E-state index contributed by atoms with van der Waals surface area (Å²) in [7, 11) is 0. The number of nitrogens with zero attached hydrogens (tertiary/aromatic N) is 5. The standard InChI is InChI=1S/C21H23Cl2N5O2/c22-17-11-16(12-18(23)13-17)20(30)27-9-7-26(8-10-27)19(29)15-3-1-6-28(14-15)21-24-4-2-5-25-21/h2,4-5,11-13,15H,1,3,6-10,14H2/t15-/m1/s1. The average molecular weight is 448 g/mol. The molecule has 2 fully saturated rings. The zero-order valence-electron chi connectivity index (χ0n) is 16.5. The Morgan fingerprint density at radius 2 is 1.53 bits per heavy atom. The van der Waals surface area contributed by atoms with E-state index in [0.29, 0.717) is 54.3 Å². The van der Waals surface area contributed by atoms with Crippen LogP contribution in [0, 0.1) is 5.92 Å². The molecule has 1 aromatic heterocycles. The van der Waals surface area contributed by atoms with Crippen molar-refractivity contribution >= 4 is 41.0 Å². The van der Waals surface area contributed by atoms with Gasteiger partial charge in [0.25, 0.3) is 5.91 Å². The number of piperidine rings is 1. The van der Waals surface area contributed by atoms with Crippen LogP contribution in [0.25, 0.3) is 0 Å². The predicted octanol–water partition coefficient (Wildman–Crippen LogP) is 2.98. The number of halogens is 2. The Labute approximate surface area is 185 Å². The largest absolute Gasteiger partial charge is 0.340 e. The smallest absolute Gasteiger partial charge is 0.254 e. The summed E-state index contributed by atoms with van der Waals surface area (Å²) in [5.74, 6) is 0.632. The van der Waals surface area contributed by atoms with E-state index in [4.69, 9.17) is 23.2 Å². The van der Waals surface area contributed by atoms with Crippen LogP contribution in [0.5, 0.6) is 0 Å². The van der Waals surface area contributed by atoms with Gasteiger partial charge >= 0.3 is 0 Å². The van der Waals surface area contributed by atoms with E-state index in [1.165, 1.54) is 0 Å². The van der Waals surface area contributed by atoms with Gasteiger partial charge in [-0.1, -0.05) is 23.2 Å². The lowest BCUT2D eigenvalue weighted by molar-refractivity contribution is -0.137. The van der Waals surface area contributed by atoms with Gasteiger partial charge in [0.15, 0.2) is 0 Å². The third kappa shape index (κ3) is 4.68. The Bertz CT molecular complexity index is 899. The van der Waals surface area contributed by atoms with Gasteiger partial charge in [0.05, 0.1) is 5.92 Å². The van der Waals surface area contributed by atoms with Gasteiger partial charge < -0.3 is 14.7 Å². The first-order valence-corrected chi connectivity index (χ1v) is 10.8. The molecule has 2 saturated heterocycles. The van der Waals surface area contributed by atoms with Crippen LogP contribution < -0.4 is 4.90 Å². The van der Waals surface area contributed by atoms with Crippen LogP contribution in [0.1, 0.15) is 23.2 Å². The van der Waals surface area contributed by atoms with E-state index >= 15 is 0 Å². The van der Waals surface area contributed by atoms with E-state index < -0.39 is 0 Å². The number of hydrogen-bond donors (Lipinski definition) is 0. The minimum absolute atomic E-state index is 0.0726. The van der Waals surface area contributed by atoms with E-state index in [0.717, 1.165) is 19.4 Å². The third-order valence-corrected chi connectivity index (χ3v) is 6.03. The molecule has 0 aliphatic carbocycles. The van der Waals surface area contributed by atoms with Crippen LogP contribution in [0.4, 0.5) is 5.95 Å². The van der Waals surface area contributed by atoms with E-state index in [1.54, 1.807) is 41.6 Å². The van der Waals surface area contributed by atoms with E-state index in [1.807, 2.05) is 4.90 Å². The van der Waals surface area contributed by atoms with Crippen molar-refractivity contribution in [1.29, 1.82) is 0 Å². The maximum atomic E-state index is 13.1. The van der Waals surface area contributed by atoms with Gasteiger partial charge in [-0.05, 0) is 37.1 Å². The summed E-state index contributed by atoms with van der Waals surface area (Å²) >= 11 is 12.0. The molecule has 0 radical (unpaired) electrons. The minimum atomic E-state index is -0.114. The maximum Gasteiger partial charge on any atom is 0.254 e. The van der Waals surface area contributed by atoms with Crippen LogP contribution >= 0.6 is 23.2 Å². The van der Waals surface area contributed by atoms with Crippen molar-refractivity contribution in [1.82, 2.24) is 19.8 Å². The number of piperazine rings is 1. The Morgan fingerprint density at radius 3 is 2.20 bits per heavy atom. The summed E-state index contributed by atoms with van der Waals surface area (Å²) in [6, 6.07) is 6.63. The van der Waals surface area contributed by atoms with Crippen LogP contribution in [-0.4, -0.2) is 70.9 Å². The van der Waals surface area contributed by atoms with Crippen molar-refractivity contribution in [3.63, 3.8) is 0 Å². The quantitative estimate of drug-likeness (QED) is 0.722. The van der Waals surface area contributed by atoms with Crippen LogP contribution in [0.2, 0.25) is 10.0 Å². The Balaban J connectivity index is 1.34. The highest BCUT2D eigenvalue weighted by Gasteiger charge is 2.32. The van der Waals surface area contributed by atoms with Gasteiger partial charge in [-0.25, -0.2) is 9.97 Å². The number of aromatic nitrogens is 2. The summed E-state index contributed by atoms with van der Waals surface area (Å²) in [5.41, 5.74) is 0.470. The molecule has 0 N–H and O–H groups in total. The normalized spacial score (nSPS) is 19.7. The van der Waals surface area contributed by atoms with Crippen LogP contribution in [0.3, 0.4) is 0 Å². The van der Waals surface area contributed by atoms with Gasteiger partial charge in [-0.15, -0.1) is 0 Å². The fourth-order valence-electron chi connectivity index (χ4n) is 4.06. The van der Waals surface area contributed by atoms with E-state index in [2.05, 4.69) is 14.9 Å². The molecule has 0 spiro atoms. The second-order valence-corrected chi connectivity index (χ2v) is 8.48. The molecular formula is C21H23Cl2N5O2. The Morgan fingerprint density at radius 1 is 0.900 bits per heavy atom. The number of carbonyl (C=O) groups excluding carboxylic acids is 2. The third-order valence-electron chi connectivity index (χ3n) is 5.59. The lowest BCUT2D eigenvalue weighted by Crippen LogP contribution is -2.53. The molecule has 0 unspecified atom stereocenters. The van der Waals surface area contributed by atoms with Crippen molar-refractivity contribution < 1.29 is 9.59 Å². The zero-order chi connectivity index (χ0) is 21.1. The first-order valence-electron chi connectivity index (χ1n) is 10.1. The highest BCUT2D eigenvalue weighted by atomic mass is 35.5. The van der Waals surface area contributed by atoms with Gasteiger partial charge in [0.2, 0.25) is 11.9 Å². The summed E-state index contributed by atoms with van der Waals surface area (Å²) < 4.78 is 0. The molecular weight excluding hydrogens is 425 g/mol. The summed E-state index contributed by atoms with van der Waals surface area (Å²) in [4.78, 5) is 40.2. The maximum absolute atomic E-state index is 13.1. The second-order valence-electron chi connectivity index (χ2n) is 7.61. The number of hydrogen-bond acceptors (Lipinski definition) is 5. The van der Waals surface area contributed by atoms with Crippen molar-refractivity contribution in [3.05, 3.63) is 52.3 Å². The van der Waals surface area contributed by atoms with Crippen molar-refractivity contribution in [3.8, 4) is 0 Å². The molecule has 2 aromatic rings. The zero-order valence-corrected chi connectivity index (χ0v) is 18.0. The predicted molar refractivity (Wildman–Crippen MR) is 116 cm³/mol. The molecule has 2 amide bonds. The van der Waals surface area contributed by atoms with Crippen LogP contribution in [-0.2, 0) is 4.79 Å².